The van der Waals surface area contributed by atoms with Gasteiger partial charge >= 0.3 is 6.18 Å². The van der Waals surface area contributed by atoms with Crippen molar-refractivity contribution in [2.45, 2.75) is 12.7 Å². The largest absolute Gasteiger partial charge is 0.492 e. The van der Waals surface area contributed by atoms with Gasteiger partial charge in [-0.25, -0.2) is 0 Å². The maximum Gasteiger partial charge on any atom is 0.454 e. The predicted molar refractivity (Wildman–Crippen MR) is 74.5 cm³/mol. The van der Waals surface area contributed by atoms with Crippen molar-refractivity contribution in [3.05, 3.63) is 52.8 Å². The summed E-state index contributed by atoms with van der Waals surface area (Å²) in [5.41, 5.74) is -0.370. The van der Waals surface area contributed by atoms with Crippen molar-refractivity contribution >= 4 is 21.7 Å². The van der Waals surface area contributed by atoms with Crippen LogP contribution in [-0.2, 0) is 6.54 Å². The van der Waals surface area contributed by atoms with Crippen molar-refractivity contribution in [3.63, 3.8) is 0 Å². The molecule has 0 bridgehead atoms. The van der Waals surface area contributed by atoms with Gasteiger partial charge in [0.2, 0.25) is 0 Å². The maximum atomic E-state index is 12.3. The minimum atomic E-state index is -4.85. The summed E-state index contributed by atoms with van der Waals surface area (Å²) in [5, 5.41) is 0. The van der Waals surface area contributed by atoms with Crippen molar-refractivity contribution < 1.29 is 22.7 Å². The van der Waals surface area contributed by atoms with E-state index in [0.29, 0.717) is 12.3 Å². The zero-order valence-corrected chi connectivity index (χ0v) is 12.3. The smallest absolute Gasteiger partial charge is 0.454 e. The number of benzene rings is 1. The fourth-order valence-corrected chi connectivity index (χ4v) is 2.08. The van der Waals surface area contributed by atoms with Gasteiger partial charge < -0.3 is 9.30 Å². The molecule has 3 nitrogen and oxygen atoms in total. The summed E-state index contributed by atoms with van der Waals surface area (Å²) in [7, 11) is 0. The highest BCUT2D eigenvalue weighted by Crippen LogP contribution is 2.21. The van der Waals surface area contributed by atoms with Gasteiger partial charge in [0.25, 0.3) is 5.78 Å². The van der Waals surface area contributed by atoms with Crippen LogP contribution < -0.4 is 4.74 Å². The number of Topliss-reactive ketones (excluding diaryl/α,β-unsaturated/α-hetero) is 1. The molecule has 1 heterocycles. The van der Waals surface area contributed by atoms with Gasteiger partial charge in [0.1, 0.15) is 12.4 Å². The average Bonchev–Trinajstić information content (AvgIpc) is 2.85. The van der Waals surface area contributed by atoms with Gasteiger partial charge in [-0.2, -0.15) is 13.2 Å². The van der Waals surface area contributed by atoms with Crippen molar-refractivity contribution in [1.29, 1.82) is 0 Å². The van der Waals surface area contributed by atoms with E-state index in [4.69, 9.17) is 4.74 Å². The zero-order valence-electron chi connectivity index (χ0n) is 10.7. The highest BCUT2D eigenvalue weighted by atomic mass is 79.9. The van der Waals surface area contributed by atoms with Crippen molar-refractivity contribution in [1.82, 2.24) is 4.57 Å². The number of hydrogen-bond donors (Lipinski definition) is 0. The Labute approximate surface area is 127 Å². The molecule has 0 amide bonds. The third kappa shape index (κ3) is 4.35. The van der Waals surface area contributed by atoms with Gasteiger partial charge in [-0.1, -0.05) is 22.0 Å². The second-order valence-electron chi connectivity index (χ2n) is 4.27. The Kier molecular flexibility index (Phi) is 4.72. The number of carbonyl (C=O) groups excluding carboxylic acids is 1. The van der Waals surface area contributed by atoms with E-state index in [1.807, 2.05) is 12.1 Å². The quantitative estimate of drug-likeness (QED) is 0.751. The van der Waals surface area contributed by atoms with Gasteiger partial charge in [-0.05, 0) is 24.3 Å². The Morgan fingerprint density at radius 3 is 2.71 bits per heavy atom. The van der Waals surface area contributed by atoms with Crippen molar-refractivity contribution in [3.8, 4) is 5.75 Å². The summed E-state index contributed by atoms with van der Waals surface area (Å²) in [6.07, 6.45) is -2.26. The van der Waals surface area contributed by atoms with Crippen LogP contribution in [0.4, 0.5) is 13.2 Å². The molecule has 1 aromatic carbocycles. The number of aromatic nitrogens is 1. The molecular weight excluding hydrogens is 351 g/mol. The van der Waals surface area contributed by atoms with Crippen LogP contribution in [0, 0.1) is 0 Å². The van der Waals surface area contributed by atoms with E-state index in [1.165, 1.54) is 17.0 Å². The van der Waals surface area contributed by atoms with Crippen LogP contribution >= 0.6 is 15.9 Å². The topological polar surface area (TPSA) is 31.2 Å². The summed E-state index contributed by atoms with van der Waals surface area (Å²) >= 11 is 3.31. The number of rotatable bonds is 5. The highest BCUT2D eigenvalue weighted by molar-refractivity contribution is 9.10. The highest BCUT2D eigenvalue weighted by Gasteiger charge is 2.39. The third-order valence-corrected chi connectivity index (χ3v) is 3.18. The summed E-state index contributed by atoms with van der Waals surface area (Å²) < 4.78 is 44.6. The van der Waals surface area contributed by atoms with Crippen LogP contribution in [0.3, 0.4) is 0 Å². The molecule has 2 rings (SSSR count). The Balaban J connectivity index is 1.90. The molecule has 1 aromatic heterocycles. The first-order valence-electron chi connectivity index (χ1n) is 6.02. The van der Waals surface area contributed by atoms with E-state index in [9.17, 15) is 18.0 Å². The van der Waals surface area contributed by atoms with E-state index in [2.05, 4.69) is 15.9 Å². The second kappa shape index (κ2) is 6.34. The number of halogens is 4. The lowest BCUT2D eigenvalue weighted by Gasteiger charge is -2.07. The summed E-state index contributed by atoms with van der Waals surface area (Å²) in [5.74, 6) is -1.18. The molecule has 0 unspecified atom stereocenters. The molecule has 0 fully saturated rings. The predicted octanol–water partition coefficient (Wildman–Crippen LogP) is 4.07. The van der Waals surface area contributed by atoms with Gasteiger partial charge in [-0.15, -0.1) is 0 Å². The average molecular weight is 362 g/mol. The Hall–Kier alpha value is -1.76. The van der Waals surface area contributed by atoms with E-state index in [0.717, 1.165) is 10.5 Å². The Bertz CT molecular complexity index is 637. The van der Waals surface area contributed by atoms with Gasteiger partial charge in [0, 0.05) is 22.4 Å². The van der Waals surface area contributed by atoms with E-state index in [1.54, 1.807) is 12.1 Å². The molecule has 0 spiro atoms. The molecule has 7 heteroatoms. The number of carbonyl (C=O) groups is 1. The first-order chi connectivity index (χ1) is 9.86. The number of ketones is 1. The molecule has 0 N–H and O–H groups in total. The van der Waals surface area contributed by atoms with Crippen LogP contribution in [0.15, 0.2) is 47.2 Å². The summed E-state index contributed by atoms with van der Waals surface area (Å²) in [6.45, 7) is 0.627. The van der Waals surface area contributed by atoms with Crippen LogP contribution in [0.1, 0.15) is 10.4 Å². The molecule has 21 heavy (non-hydrogen) atoms. The third-order valence-electron chi connectivity index (χ3n) is 2.68. The molecule has 2 aromatic rings. The van der Waals surface area contributed by atoms with Gasteiger partial charge in [0.15, 0.2) is 0 Å². The molecule has 0 aliphatic rings. The lowest BCUT2D eigenvalue weighted by atomic mass is 10.2. The number of ether oxygens (including phenoxy) is 1. The van der Waals surface area contributed by atoms with E-state index >= 15 is 0 Å². The molecular formula is C14H11BrF3NO2. The number of alkyl halides is 3. The number of hydrogen-bond acceptors (Lipinski definition) is 2. The Morgan fingerprint density at radius 1 is 1.29 bits per heavy atom. The molecule has 0 atom stereocenters. The minimum Gasteiger partial charge on any atom is -0.492 e. The lowest BCUT2D eigenvalue weighted by Crippen LogP contribution is -2.22. The van der Waals surface area contributed by atoms with Crippen LogP contribution in [-0.4, -0.2) is 23.1 Å². The zero-order chi connectivity index (χ0) is 15.5. The standard InChI is InChI=1S/C14H11BrF3NO2/c15-11-2-1-3-12(8-11)21-7-6-19-5-4-10(9-19)13(20)14(16,17)18/h1-5,8-9H,6-7H2. The number of nitrogens with zero attached hydrogens (tertiary/aromatic N) is 1. The molecule has 0 radical (unpaired) electrons. The van der Waals surface area contributed by atoms with Crippen LogP contribution in [0.25, 0.3) is 0 Å². The first-order valence-corrected chi connectivity index (χ1v) is 6.81. The van der Waals surface area contributed by atoms with Crippen LogP contribution in [0.2, 0.25) is 0 Å². The Morgan fingerprint density at radius 2 is 2.05 bits per heavy atom. The lowest BCUT2D eigenvalue weighted by molar-refractivity contribution is -0.0885. The molecule has 0 aliphatic carbocycles. The molecule has 0 aliphatic heterocycles. The molecule has 112 valence electrons. The fraction of sp³-hybridized carbons (Fsp3) is 0.214. The van der Waals surface area contributed by atoms with Gasteiger partial charge in [0.05, 0.1) is 6.54 Å². The normalized spacial score (nSPS) is 11.4. The summed E-state index contributed by atoms with van der Waals surface area (Å²) in [4.78, 5) is 11.0. The fourth-order valence-electron chi connectivity index (χ4n) is 1.70. The maximum absolute atomic E-state index is 12.3. The minimum absolute atomic E-state index is 0.283. The SMILES string of the molecule is O=C(c1ccn(CCOc2cccc(Br)c2)c1)C(F)(F)F. The van der Waals surface area contributed by atoms with E-state index in [-0.39, 0.29) is 12.2 Å². The van der Waals surface area contributed by atoms with E-state index < -0.39 is 12.0 Å². The second-order valence-corrected chi connectivity index (χ2v) is 5.19. The van der Waals surface area contributed by atoms with Crippen LogP contribution in [0.5, 0.6) is 5.75 Å². The summed E-state index contributed by atoms with van der Waals surface area (Å²) in [6, 6.07) is 8.38. The first kappa shape index (κ1) is 15.6. The van der Waals surface area contributed by atoms with Crippen molar-refractivity contribution in [2.24, 2.45) is 0 Å². The molecule has 0 saturated heterocycles. The monoisotopic (exact) mass is 361 g/mol. The molecule has 0 saturated carbocycles. The van der Waals surface area contributed by atoms with Crippen molar-refractivity contribution in [2.75, 3.05) is 6.61 Å². The van der Waals surface area contributed by atoms with Gasteiger partial charge in [-0.3, -0.25) is 4.79 Å².